The maximum Gasteiger partial charge on any atom is 0.339 e. The van der Waals surface area contributed by atoms with Crippen LogP contribution in [0.2, 0.25) is 0 Å². The van der Waals surface area contributed by atoms with E-state index in [1.165, 1.54) is 12.3 Å². The minimum atomic E-state index is -1.07. The first-order valence-electron chi connectivity index (χ1n) is 6.39. The molecule has 21 heavy (non-hydrogen) atoms. The zero-order valence-electron chi connectivity index (χ0n) is 11.1. The summed E-state index contributed by atoms with van der Waals surface area (Å²) in [6.45, 7) is 0. The highest BCUT2D eigenvalue weighted by molar-refractivity contribution is 5.99. The van der Waals surface area contributed by atoms with Gasteiger partial charge in [0, 0.05) is 11.1 Å². The van der Waals surface area contributed by atoms with Crippen LogP contribution in [0.5, 0.6) is 0 Å². The van der Waals surface area contributed by atoms with Crippen molar-refractivity contribution in [1.29, 1.82) is 0 Å². The predicted molar refractivity (Wildman–Crippen MR) is 82.8 cm³/mol. The molecule has 0 spiro atoms. The summed E-state index contributed by atoms with van der Waals surface area (Å²) in [5.41, 5.74) is 6.75. The molecule has 0 bridgehead atoms. The van der Waals surface area contributed by atoms with E-state index in [2.05, 4.69) is 10.3 Å². The van der Waals surface area contributed by atoms with E-state index in [0.717, 1.165) is 16.5 Å². The number of hydrogen-bond donors (Lipinski definition) is 3. The summed E-state index contributed by atoms with van der Waals surface area (Å²) in [4.78, 5) is 15.4. The maximum atomic E-state index is 11.3. The first-order valence-corrected chi connectivity index (χ1v) is 6.39. The third-order valence-corrected chi connectivity index (χ3v) is 3.18. The Kier molecular flexibility index (Phi) is 3.16. The third kappa shape index (κ3) is 2.49. The van der Waals surface area contributed by atoms with Crippen LogP contribution in [-0.4, -0.2) is 16.1 Å². The van der Waals surface area contributed by atoms with E-state index in [4.69, 9.17) is 5.73 Å². The summed E-state index contributed by atoms with van der Waals surface area (Å²) in [6.07, 6.45) is 1.43. The maximum absolute atomic E-state index is 11.3. The molecule has 0 aliphatic heterocycles. The second-order valence-corrected chi connectivity index (χ2v) is 4.62. The minimum absolute atomic E-state index is 0.0444. The number of nitrogens with one attached hydrogen (secondary N) is 1. The van der Waals surface area contributed by atoms with E-state index >= 15 is 0 Å². The van der Waals surface area contributed by atoms with Gasteiger partial charge in [0.25, 0.3) is 0 Å². The number of fused-ring (bicyclic) bond motifs is 1. The summed E-state index contributed by atoms with van der Waals surface area (Å²) in [5, 5.41) is 14.4. The molecule has 0 fully saturated rings. The smallest absolute Gasteiger partial charge is 0.339 e. The van der Waals surface area contributed by atoms with Gasteiger partial charge in [-0.25, -0.2) is 9.78 Å². The number of aromatic nitrogens is 1. The lowest BCUT2D eigenvalue weighted by atomic mass is 10.1. The van der Waals surface area contributed by atoms with Gasteiger partial charge in [-0.2, -0.15) is 0 Å². The van der Waals surface area contributed by atoms with Crippen LogP contribution in [-0.2, 0) is 0 Å². The van der Waals surface area contributed by atoms with Crippen molar-refractivity contribution in [2.24, 2.45) is 0 Å². The molecule has 0 atom stereocenters. The Morgan fingerprint density at radius 3 is 2.71 bits per heavy atom. The third-order valence-electron chi connectivity index (χ3n) is 3.18. The molecular weight excluding hydrogens is 266 g/mol. The van der Waals surface area contributed by atoms with Crippen molar-refractivity contribution in [3.05, 3.63) is 60.3 Å². The van der Waals surface area contributed by atoms with Crippen LogP contribution in [0.25, 0.3) is 10.8 Å². The molecule has 1 aromatic heterocycles. The van der Waals surface area contributed by atoms with Crippen molar-refractivity contribution in [2.75, 3.05) is 11.1 Å². The Labute approximate surface area is 121 Å². The van der Waals surface area contributed by atoms with E-state index < -0.39 is 5.97 Å². The highest BCUT2D eigenvalue weighted by Gasteiger charge is 2.13. The standard InChI is InChI=1S/C16H13N3O2/c17-11-8-13(16(20)21)15(18-9-11)19-14-7-3-5-10-4-1-2-6-12(10)14/h1-9H,17H2,(H,18,19)(H,20,21). The van der Waals surface area contributed by atoms with Gasteiger partial charge in [0.1, 0.15) is 11.4 Å². The summed E-state index contributed by atoms with van der Waals surface area (Å²) in [5.74, 6) is -0.800. The Bertz CT molecular complexity index is 825. The van der Waals surface area contributed by atoms with Crippen LogP contribution in [0.1, 0.15) is 10.4 Å². The molecule has 3 rings (SSSR count). The van der Waals surface area contributed by atoms with Crippen molar-refractivity contribution >= 4 is 33.9 Å². The average Bonchev–Trinajstić information content (AvgIpc) is 2.49. The molecule has 0 amide bonds. The first kappa shape index (κ1) is 12.9. The largest absolute Gasteiger partial charge is 0.478 e. The number of nitrogens with two attached hydrogens (primary N) is 1. The molecular formula is C16H13N3O2. The summed E-state index contributed by atoms with van der Waals surface area (Å²) in [7, 11) is 0. The van der Waals surface area contributed by atoms with Crippen molar-refractivity contribution < 1.29 is 9.90 Å². The molecule has 1 heterocycles. The summed E-state index contributed by atoms with van der Waals surface area (Å²) < 4.78 is 0. The zero-order chi connectivity index (χ0) is 14.8. The second-order valence-electron chi connectivity index (χ2n) is 4.62. The van der Waals surface area contributed by atoms with Gasteiger partial charge < -0.3 is 16.2 Å². The van der Waals surface area contributed by atoms with Crippen LogP contribution in [0.4, 0.5) is 17.2 Å². The number of hydrogen-bond acceptors (Lipinski definition) is 4. The summed E-state index contributed by atoms with van der Waals surface area (Å²) in [6, 6.07) is 15.0. The Hall–Kier alpha value is -3.08. The van der Waals surface area contributed by atoms with Crippen LogP contribution < -0.4 is 11.1 Å². The van der Waals surface area contributed by atoms with E-state index in [0.29, 0.717) is 5.69 Å². The van der Waals surface area contributed by atoms with Crippen molar-refractivity contribution in [3.63, 3.8) is 0 Å². The number of carboxylic acids is 1. The summed E-state index contributed by atoms with van der Waals surface area (Å²) >= 11 is 0. The molecule has 2 aromatic carbocycles. The monoisotopic (exact) mass is 279 g/mol. The van der Waals surface area contributed by atoms with Crippen LogP contribution >= 0.6 is 0 Å². The average molecular weight is 279 g/mol. The van der Waals surface area contributed by atoms with Gasteiger partial charge in [0.05, 0.1) is 11.9 Å². The van der Waals surface area contributed by atoms with E-state index in [1.807, 2.05) is 42.5 Å². The lowest BCUT2D eigenvalue weighted by Gasteiger charge is -2.11. The number of pyridine rings is 1. The van der Waals surface area contributed by atoms with Gasteiger partial charge >= 0.3 is 5.97 Å². The van der Waals surface area contributed by atoms with Crippen molar-refractivity contribution in [2.45, 2.75) is 0 Å². The Morgan fingerprint density at radius 1 is 1.14 bits per heavy atom. The van der Waals surface area contributed by atoms with E-state index in [-0.39, 0.29) is 11.4 Å². The SMILES string of the molecule is Nc1cnc(Nc2cccc3ccccc23)c(C(=O)O)c1. The van der Waals surface area contributed by atoms with Crippen LogP contribution in [0.3, 0.4) is 0 Å². The topological polar surface area (TPSA) is 88.2 Å². The highest BCUT2D eigenvalue weighted by Crippen LogP contribution is 2.27. The van der Waals surface area contributed by atoms with Gasteiger partial charge in [-0.3, -0.25) is 0 Å². The number of anilines is 3. The molecule has 4 N–H and O–H groups in total. The van der Waals surface area contributed by atoms with Crippen molar-refractivity contribution in [3.8, 4) is 0 Å². The lowest BCUT2D eigenvalue weighted by molar-refractivity contribution is 0.0697. The molecule has 104 valence electrons. The number of benzene rings is 2. The molecule has 5 heteroatoms. The Balaban J connectivity index is 2.09. The number of nitrogen functional groups attached to an aromatic ring is 1. The molecule has 0 saturated carbocycles. The fourth-order valence-electron chi connectivity index (χ4n) is 2.21. The molecule has 3 aromatic rings. The molecule has 0 aliphatic carbocycles. The van der Waals surface area contributed by atoms with Crippen LogP contribution in [0.15, 0.2) is 54.7 Å². The van der Waals surface area contributed by atoms with E-state index in [1.54, 1.807) is 0 Å². The number of carbonyl (C=O) groups is 1. The molecule has 0 aliphatic rings. The molecule has 0 unspecified atom stereocenters. The van der Waals surface area contributed by atoms with Gasteiger partial charge in [-0.15, -0.1) is 0 Å². The number of aromatic carboxylic acids is 1. The van der Waals surface area contributed by atoms with Gasteiger partial charge in [0.2, 0.25) is 0 Å². The van der Waals surface area contributed by atoms with Gasteiger partial charge in [-0.05, 0) is 17.5 Å². The molecule has 0 saturated heterocycles. The molecule has 5 nitrogen and oxygen atoms in total. The lowest BCUT2D eigenvalue weighted by Crippen LogP contribution is -2.06. The second kappa shape index (κ2) is 5.13. The van der Waals surface area contributed by atoms with Crippen LogP contribution in [0, 0.1) is 0 Å². The van der Waals surface area contributed by atoms with E-state index in [9.17, 15) is 9.90 Å². The first-order chi connectivity index (χ1) is 10.1. The number of nitrogens with zero attached hydrogens (tertiary/aromatic N) is 1. The molecule has 0 radical (unpaired) electrons. The number of carboxylic acid groups (broad SMARTS) is 1. The highest BCUT2D eigenvalue weighted by atomic mass is 16.4. The fourth-order valence-corrected chi connectivity index (χ4v) is 2.21. The Morgan fingerprint density at radius 2 is 1.90 bits per heavy atom. The quantitative estimate of drug-likeness (QED) is 0.685. The predicted octanol–water partition coefficient (Wildman–Crippen LogP) is 3.26. The minimum Gasteiger partial charge on any atom is -0.478 e. The normalized spacial score (nSPS) is 10.5. The number of rotatable bonds is 3. The van der Waals surface area contributed by atoms with Gasteiger partial charge in [-0.1, -0.05) is 36.4 Å². The van der Waals surface area contributed by atoms with Gasteiger partial charge in [0.15, 0.2) is 0 Å². The fraction of sp³-hybridized carbons (Fsp3) is 0. The zero-order valence-corrected chi connectivity index (χ0v) is 11.1. The van der Waals surface area contributed by atoms with Crippen molar-refractivity contribution in [1.82, 2.24) is 4.98 Å².